The first-order valence-electron chi connectivity index (χ1n) is 21.2. The fraction of sp³-hybridized carbons (Fsp3) is 0.0400. The van der Waals surface area contributed by atoms with E-state index in [1.54, 1.807) is 22.9 Å². The van der Waals surface area contributed by atoms with Crippen LogP contribution in [0.4, 0.5) is 0 Å². The summed E-state index contributed by atoms with van der Waals surface area (Å²) in [4.78, 5) is 4.61. The van der Waals surface area contributed by atoms with Gasteiger partial charge in [-0.3, -0.25) is 13.7 Å². The van der Waals surface area contributed by atoms with Gasteiger partial charge in [-0.15, -0.1) is 0 Å². The number of hydrogen-bond acceptors (Lipinski definition) is 2. The smallest absolute Gasteiger partial charge is 0.269 e. The lowest BCUT2D eigenvalue weighted by Crippen LogP contribution is -2.31. The SMILES string of the molecule is [2H]c1c(Oc2cccc(-n3[c-][n+](-c4c(-c5ccccc5)cccc4-c4ccccc4)c4ccccc43)c2)cc2c(c1[2H])c1c([2H])c([2H])c([2H])c([2H])c1n2-c1cc(CC)ccn1. The van der Waals surface area contributed by atoms with Crippen LogP contribution in [0.5, 0.6) is 11.5 Å². The molecule has 262 valence electrons. The minimum absolute atomic E-state index is 0.0845. The van der Waals surface area contributed by atoms with Gasteiger partial charge in [0.2, 0.25) is 0 Å². The van der Waals surface area contributed by atoms with E-state index in [9.17, 15) is 1.37 Å². The van der Waals surface area contributed by atoms with Crippen molar-refractivity contribution in [1.82, 2.24) is 14.1 Å². The van der Waals surface area contributed by atoms with E-state index in [0.29, 0.717) is 17.1 Å². The maximum absolute atomic E-state index is 9.27. The molecule has 0 bridgehead atoms. The van der Waals surface area contributed by atoms with E-state index in [2.05, 4.69) is 70.5 Å². The molecular weight excluding hydrogens is 673 g/mol. The second-order valence-electron chi connectivity index (χ2n) is 13.2. The van der Waals surface area contributed by atoms with Crippen molar-refractivity contribution < 1.29 is 17.5 Å². The summed E-state index contributed by atoms with van der Waals surface area (Å²) in [6.45, 7) is 2.02. The van der Waals surface area contributed by atoms with E-state index < -0.39 is 12.1 Å². The molecular formula is C50H36N4O. The van der Waals surface area contributed by atoms with Crippen LogP contribution in [-0.4, -0.2) is 14.1 Å². The Bertz CT molecular complexity index is 3290. The molecule has 0 saturated heterocycles. The van der Waals surface area contributed by atoms with Crippen LogP contribution in [0.15, 0.2) is 188 Å². The number of aromatic nitrogens is 4. The summed E-state index contributed by atoms with van der Waals surface area (Å²) in [5.41, 5.74) is 9.37. The molecule has 55 heavy (non-hydrogen) atoms. The van der Waals surface area contributed by atoms with Gasteiger partial charge in [0.05, 0.1) is 41.7 Å². The zero-order valence-electron chi connectivity index (χ0n) is 35.8. The van der Waals surface area contributed by atoms with Crippen molar-refractivity contribution in [2.75, 3.05) is 0 Å². The summed E-state index contributed by atoms with van der Waals surface area (Å²) >= 11 is 0. The largest absolute Gasteiger partial charge is 0.458 e. The van der Waals surface area contributed by atoms with Gasteiger partial charge >= 0.3 is 0 Å². The molecule has 0 saturated carbocycles. The van der Waals surface area contributed by atoms with Crippen molar-refractivity contribution in [2.45, 2.75) is 13.3 Å². The van der Waals surface area contributed by atoms with Crippen LogP contribution in [0, 0.1) is 6.33 Å². The normalized spacial score (nSPS) is 13.0. The molecule has 0 N–H and O–H groups in total. The van der Waals surface area contributed by atoms with Crippen LogP contribution in [0.1, 0.15) is 20.7 Å². The number of aryl methyl sites for hydroxylation is 1. The summed E-state index contributed by atoms with van der Waals surface area (Å²) in [5.74, 6) is 0.929. The quantitative estimate of drug-likeness (QED) is 0.116. The molecule has 0 aliphatic carbocycles. The van der Waals surface area contributed by atoms with E-state index in [-0.39, 0.29) is 46.2 Å². The standard InChI is InChI=1S/C50H36N4O/c1-2-35-29-30-51-49(31-35)54-45-24-10-9-21-43(45)44-28-27-40(33-48(44)54)55-39-20-13-19-38(32-39)52-34-53(47-26-12-11-25-46(47)52)50-41(36-15-5-3-6-16-36)22-14-23-42(50)37-17-7-4-8-18-37/h3-33H,2H2,1H3/i9D,10D,21D,24D,27D,28D. The van der Waals surface area contributed by atoms with Crippen molar-refractivity contribution in [2.24, 2.45) is 0 Å². The number of ether oxygens (including phenoxy) is 1. The van der Waals surface area contributed by atoms with Crippen molar-refractivity contribution >= 4 is 32.8 Å². The number of fused-ring (bicyclic) bond motifs is 4. The Labute approximate surface area is 328 Å². The van der Waals surface area contributed by atoms with Gasteiger partial charge in [0.15, 0.2) is 0 Å². The molecule has 0 unspecified atom stereocenters. The molecule has 0 radical (unpaired) electrons. The zero-order chi connectivity index (χ0) is 41.9. The number of nitrogens with zero attached hydrogens (tertiary/aromatic N) is 4. The lowest BCUT2D eigenvalue weighted by atomic mass is 9.95. The monoisotopic (exact) mass is 714 g/mol. The Morgan fingerprint density at radius 3 is 2.13 bits per heavy atom. The summed E-state index contributed by atoms with van der Waals surface area (Å²) in [7, 11) is 0. The van der Waals surface area contributed by atoms with Crippen molar-refractivity contribution in [1.29, 1.82) is 0 Å². The molecule has 5 nitrogen and oxygen atoms in total. The van der Waals surface area contributed by atoms with Gasteiger partial charge in [-0.25, -0.2) is 4.98 Å². The van der Waals surface area contributed by atoms with Gasteiger partial charge in [-0.1, -0.05) is 134 Å². The predicted octanol–water partition coefficient (Wildman–Crippen LogP) is 11.9. The second-order valence-corrected chi connectivity index (χ2v) is 13.2. The lowest BCUT2D eigenvalue weighted by molar-refractivity contribution is -0.571. The number of para-hydroxylation sites is 4. The van der Waals surface area contributed by atoms with Crippen LogP contribution in [0.3, 0.4) is 0 Å². The number of benzene rings is 7. The molecule has 0 aliphatic heterocycles. The minimum Gasteiger partial charge on any atom is -0.458 e. The van der Waals surface area contributed by atoms with Crippen molar-refractivity contribution in [3.05, 3.63) is 200 Å². The Kier molecular flexibility index (Phi) is 6.57. The fourth-order valence-electron chi connectivity index (χ4n) is 7.37. The molecule has 5 heteroatoms. The van der Waals surface area contributed by atoms with Crippen LogP contribution in [0.2, 0.25) is 0 Å². The molecule has 7 aromatic carbocycles. The minimum atomic E-state index is -0.412. The first kappa shape index (κ1) is 26.5. The fourth-order valence-corrected chi connectivity index (χ4v) is 7.37. The number of rotatable bonds is 8. The predicted molar refractivity (Wildman–Crippen MR) is 223 cm³/mol. The first-order chi connectivity index (χ1) is 29.7. The number of pyridine rings is 1. The third-order valence-electron chi connectivity index (χ3n) is 9.96. The summed E-state index contributed by atoms with van der Waals surface area (Å²) in [6, 6.07) is 46.3. The molecule has 3 heterocycles. The Morgan fingerprint density at radius 1 is 0.636 bits per heavy atom. The molecule has 10 aromatic rings. The first-order valence-corrected chi connectivity index (χ1v) is 18.2. The molecule has 0 aliphatic rings. The second kappa shape index (κ2) is 13.6. The number of hydrogen-bond donors (Lipinski definition) is 0. The van der Waals surface area contributed by atoms with Crippen molar-refractivity contribution in [3.8, 4) is 50.9 Å². The van der Waals surface area contributed by atoms with Crippen LogP contribution in [-0.2, 0) is 6.42 Å². The van der Waals surface area contributed by atoms with Gasteiger partial charge in [0, 0.05) is 23.0 Å². The maximum atomic E-state index is 9.27. The maximum Gasteiger partial charge on any atom is 0.269 e. The highest BCUT2D eigenvalue weighted by Crippen LogP contribution is 2.37. The zero-order valence-corrected chi connectivity index (χ0v) is 29.8. The average molecular weight is 715 g/mol. The van der Waals surface area contributed by atoms with Crippen LogP contribution < -0.4 is 9.30 Å². The highest BCUT2D eigenvalue weighted by molar-refractivity contribution is 6.09. The molecule has 0 amide bonds. The lowest BCUT2D eigenvalue weighted by Gasteiger charge is -2.17. The van der Waals surface area contributed by atoms with E-state index in [4.69, 9.17) is 11.6 Å². The Balaban J connectivity index is 1.14. The third-order valence-corrected chi connectivity index (χ3v) is 9.96. The van der Waals surface area contributed by atoms with Crippen LogP contribution in [0.25, 0.3) is 72.3 Å². The van der Waals surface area contributed by atoms with Gasteiger partial charge in [-0.05, 0) is 82.7 Å². The van der Waals surface area contributed by atoms with Gasteiger partial charge < -0.3 is 4.74 Å². The number of imidazole rings is 1. The topological polar surface area (TPSA) is 35.9 Å². The Hall–Kier alpha value is -7.24. The molecule has 3 aromatic heterocycles. The molecule has 0 fully saturated rings. The van der Waals surface area contributed by atoms with Crippen molar-refractivity contribution in [3.63, 3.8) is 0 Å². The van der Waals surface area contributed by atoms with E-state index in [1.807, 2.05) is 90.4 Å². The van der Waals surface area contributed by atoms with Crippen LogP contribution >= 0.6 is 0 Å². The van der Waals surface area contributed by atoms with Gasteiger partial charge in [0.25, 0.3) is 6.33 Å². The Morgan fingerprint density at radius 2 is 1.35 bits per heavy atom. The molecule has 0 spiro atoms. The summed E-state index contributed by atoms with van der Waals surface area (Å²) in [6.07, 6.45) is 6.06. The molecule has 10 rings (SSSR count). The summed E-state index contributed by atoms with van der Waals surface area (Å²) in [5, 5.41) is 0.379. The highest BCUT2D eigenvalue weighted by Gasteiger charge is 2.20. The summed E-state index contributed by atoms with van der Waals surface area (Å²) < 4.78 is 65.5. The van der Waals surface area contributed by atoms with E-state index >= 15 is 0 Å². The third kappa shape index (κ3) is 5.74. The van der Waals surface area contributed by atoms with E-state index in [0.717, 1.165) is 56.6 Å². The van der Waals surface area contributed by atoms with E-state index in [1.165, 1.54) is 0 Å². The molecule has 0 atom stereocenters. The van der Waals surface area contributed by atoms with Gasteiger partial charge in [-0.2, -0.15) is 0 Å². The van der Waals surface area contributed by atoms with Gasteiger partial charge in [0.1, 0.15) is 17.3 Å². The average Bonchev–Trinajstić information content (AvgIpc) is 3.86. The highest BCUT2D eigenvalue weighted by atomic mass is 16.5.